The number of piperazine rings is 2. The SMILES string of the molecule is Cc1nc(C)c(N2CCN(c3ccccc3C#N)CC2)cc1C(=O)N1CCN(c2ccccc2C#N)CC1. The molecule has 0 bridgehead atoms. The lowest BCUT2D eigenvalue weighted by Crippen LogP contribution is -2.49. The number of carbonyl (C=O) groups is 1. The first-order chi connectivity index (χ1) is 18.5. The molecule has 0 unspecified atom stereocenters. The van der Waals surface area contributed by atoms with Gasteiger partial charge in [-0.1, -0.05) is 24.3 Å². The predicted octanol–water partition coefficient (Wildman–Crippen LogP) is 3.73. The van der Waals surface area contributed by atoms with Crippen molar-refractivity contribution in [2.75, 3.05) is 67.1 Å². The molecule has 2 aromatic carbocycles. The van der Waals surface area contributed by atoms with Crippen molar-refractivity contribution >= 4 is 23.0 Å². The minimum absolute atomic E-state index is 0.00560. The Hall–Kier alpha value is -4.56. The fourth-order valence-corrected chi connectivity index (χ4v) is 5.45. The van der Waals surface area contributed by atoms with Gasteiger partial charge in [0.2, 0.25) is 0 Å². The summed E-state index contributed by atoms with van der Waals surface area (Å²) < 4.78 is 0. The molecule has 38 heavy (non-hydrogen) atoms. The van der Waals surface area contributed by atoms with Crippen LogP contribution in [0.2, 0.25) is 0 Å². The number of amides is 1. The fourth-order valence-electron chi connectivity index (χ4n) is 5.45. The van der Waals surface area contributed by atoms with Crippen LogP contribution in [0.15, 0.2) is 54.6 Å². The van der Waals surface area contributed by atoms with E-state index < -0.39 is 0 Å². The molecule has 2 aliphatic heterocycles. The van der Waals surface area contributed by atoms with E-state index in [0.717, 1.165) is 54.6 Å². The first-order valence-corrected chi connectivity index (χ1v) is 13.0. The van der Waals surface area contributed by atoms with Crippen molar-refractivity contribution in [2.24, 2.45) is 0 Å². The third-order valence-corrected chi connectivity index (χ3v) is 7.52. The van der Waals surface area contributed by atoms with Crippen LogP contribution < -0.4 is 14.7 Å². The number of benzene rings is 2. The van der Waals surface area contributed by atoms with Gasteiger partial charge in [-0.05, 0) is 44.2 Å². The number of hydrogen-bond donors (Lipinski definition) is 0. The topological polar surface area (TPSA) is 90.5 Å². The van der Waals surface area contributed by atoms with E-state index in [1.54, 1.807) is 0 Å². The zero-order valence-corrected chi connectivity index (χ0v) is 21.9. The minimum atomic E-state index is 0.00560. The first-order valence-electron chi connectivity index (χ1n) is 13.0. The Bertz CT molecular complexity index is 1420. The highest BCUT2D eigenvalue weighted by Gasteiger charge is 2.27. The quantitative estimate of drug-likeness (QED) is 0.534. The Labute approximate surface area is 223 Å². The van der Waals surface area contributed by atoms with Crippen molar-refractivity contribution in [1.82, 2.24) is 9.88 Å². The van der Waals surface area contributed by atoms with Gasteiger partial charge in [-0.3, -0.25) is 9.78 Å². The number of aryl methyl sites for hydroxylation is 2. The Kier molecular flexibility index (Phi) is 7.15. The van der Waals surface area contributed by atoms with Gasteiger partial charge in [0.1, 0.15) is 12.1 Å². The number of para-hydroxylation sites is 2. The van der Waals surface area contributed by atoms with Gasteiger partial charge in [-0.2, -0.15) is 10.5 Å². The molecule has 3 heterocycles. The second-order valence-corrected chi connectivity index (χ2v) is 9.74. The monoisotopic (exact) mass is 505 g/mol. The Morgan fingerprint density at radius 1 is 0.684 bits per heavy atom. The lowest BCUT2D eigenvalue weighted by Gasteiger charge is -2.39. The van der Waals surface area contributed by atoms with E-state index in [9.17, 15) is 15.3 Å². The van der Waals surface area contributed by atoms with Crippen LogP contribution in [0.5, 0.6) is 0 Å². The molecule has 5 rings (SSSR count). The molecule has 1 amide bonds. The summed E-state index contributed by atoms with van der Waals surface area (Å²) in [7, 11) is 0. The maximum atomic E-state index is 13.6. The molecule has 2 aliphatic rings. The third kappa shape index (κ3) is 4.86. The van der Waals surface area contributed by atoms with Crippen LogP contribution in [0.25, 0.3) is 0 Å². The molecular weight excluding hydrogens is 474 g/mol. The average molecular weight is 506 g/mol. The smallest absolute Gasteiger partial charge is 0.255 e. The van der Waals surface area contributed by atoms with Gasteiger partial charge in [0.05, 0.1) is 45.1 Å². The maximum absolute atomic E-state index is 13.6. The predicted molar refractivity (Wildman–Crippen MR) is 149 cm³/mol. The number of nitrogens with zero attached hydrogens (tertiary/aromatic N) is 7. The largest absolute Gasteiger partial charge is 0.367 e. The van der Waals surface area contributed by atoms with Gasteiger partial charge < -0.3 is 19.6 Å². The van der Waals surface area contributed by atoms with Gasteiger partial charge in [-0.15, -0.1) is 0 Å². The summed E-state index contributed by atoms with van der Waals surface area (Å²) in [5.74, 6) is 0.00560. The van der Waals surface area contributed by atoms with E-state index in [4.69, 9.17) is 4.98 Å². The van der Waals surface area contributed by atoms with Gasteiger partial charge in [-0.25, -0.2) is 0 Å². The van der Waals surface area contributed by atoms with Crippen LogP contribution >= 0.6 is 0 Å². The van der Waals surface area contributed by atoms with Crippen LogP contribution in [0, 0.1) is 36.5 Å². The van der Waals surface area contributed by atoms with Crippen molar-refractivity contribution in [2.45, 2.75) is 13.8 Å². The van der Waals surface area contributed by atoms with Gasteiger partial charge >= 0.3 is 0 Å². The van der Waals surface area contributed by atoms with Crippen LogP contribution in [0.1, 0.15) is 32.9 Å². The molecule has 0 atom stereocenters. The van der Waals surface area contributed by atoms with Gasteiger partial charge in [0, 0.05) is 52.4 Å². The highest BCUT2D eigenvalue weighted by Crippen LogP contribution is 2.28. The minimum Gasteiger partial charge on any atom is -0.367 e. The molecule has 0 spiro atoms. The van der Waals surface area contributed by atoms with E-state index in [-0.39, 0.29) is 5.91 Å². The molecule has 0 saturated carbocycles. The lowest BCUT2D eigenvalue weighted by atomic mass is 10.1. The average Bonchev–Trinajstić information content (AvgIpc) is 2.97. The van der Waals surface area contributed by atoms with E-state index >= 15 is 0 Å². The summed E-state index contributed by atoms with van der Waals surface area (Å²) in [6.45, 7) is 9.62. The number of carbonyl (C=O) groups excluding carboxylic acids is 1. The molecule has 3 aromatic rings. The second kappa shape index (κ2) is 10.8. The van der Waals surface area contributed by atoms with E-state index in [1.165, 1.54) is 0 Å². The Morgan fingerprint density at radius 3 is 1.63 bits per heavy atom. The van der Waals surface area contributed by atoms with Crippen molar-refractivity contribution in [3.8, 4) is 12.1 Å². The summed E-state index contributed by atoms with van der Waals surface area (Å²) in [6, 6.07) is 21.9. The molecule has 0 N–H and O–H groups in total. The lowest BCUT2D eigenvalue weighted by molar-refractivity contribution is 0.0745. The summed E-state index contributed by atoms with van der Waals surface area (Å²) >= 11 is 0. The number of anilines is 3. The van der Waals surface area contributed by atoms with Crippen molar-refractivity contribution in [3.63, 3.8) is 0 Å². The first kappa shape index (κ1) is 25.1. The van der Waals surface area contributed by atoms with E-state index in [2.05, 4.69) is 26.8 Å². The molecule has 0 radical (unpaired) electrons. The molecule has 2 saturated heterocycles. The van der Waals surface area contributed by atoms with E-state index in [0.29, 0.717) is 42.9 Å². The normalized spacial score (nSPS) is 15.7. The number of nitriles is 2. The second-order valence-electron chi connectivity index (χ2n) is 9.74. The molecule has 192 valence electrons. The summed E-state index contributed by atoms with van der Waals surface area (Å²) in [5, 5.41) is 18.9. The number of pyridine rings is 1. The number of rotatable bonds is 4. The highest BCUT2D eigenvalue weighted by atomic mass is 16.2. The van der Waals surface area contributed by atoms with E-state index in [1.807, 2.05) is 73.3 Å². The van der Waals surface area contributed by atoms with Crippen LogP contribution in [-0.4, -0.2) is 68.1 Å². The van der Waals surface area contributed by atoms with Crippen LogP contribution in [0.3, 0.4) is 0 Å². The summed E-state index contributed by atoms with van der Waals surface area (Å²) in [4.78, 5) is 27.0. The van der Waals surface area contributed by atoms with Crippen LogP contribution in [-0.2, 0) is 0 Å². The number of aromatic nitrogens is 1. The van der Waals surface area contributed by atoms with Gasteiger partial charge in [0.15, 0.2) is 0 Å². The zero-order valence-electron chi connectivity index (χ0n) is 21.9. The van der Waals surface area contributed by atoms with Crippen molar-refractivity contribution < 1.29 is 4.79 Å². The fraction of sp³-hybridized carbons (Fsp3) is 0.333. The van der Waals surface area contributed by atoms with Gasteiger partial charge in [0.25, 0.3) is 5.91 Å². The summed E-state index contributed by atoms with van der Waals surface area (Å²) in [6.07, 6.45) is 0. The highest BCUT2D eigenvalue weighted by molar-refractivity contribution is 5.96. The molecular formula is C30H31N7O. The Morgan fingerprint density at radius 2 is 1.13 bits per heavy atom. The maximum Gasteiger partial charge on any atom is 0.255 e. The molecule has 8 nitrogen and oxygen atoms in total. The summed E-state index contributed by atoms with van der Waals surface area (Å²) in [5.41, 5.74) is 6.56. The zero-order chi connectivity index (χ0) is 26.6. The molecule has 1 aromatic heterocycles. The Balaban J connectivity index is 1.28. The standard InChI is InChI=1S/C30H31N7O/c1-22-26(30(38)37-17-15-35(16-18-37)28-10-6-4-8-25(28)21-32)19-29(23(2)33-22)36-13-11-34(12-14-36)27-9-5-3-7-24(27)20-31/h3-10,19H,11-18H2,1-2H3. The van der Waals surface area contributed by atoms with Crippen molar-refractivity contribution in [1.29, 1.82) is 10.5 Å². The third-order valence-electron chi connectivity index (χ3n) is 7.52. The van der Waals surface area contributed by atoms with Crippen molar-refractivity contribution in [3.05, 3.63) is 82.7 Å². The number of hydrogen-bond acceptors (Lipinski definition) is 7. The molecule has 8 heteroatoms. The van der Waals surface area contributed by atoms with Crippen LogP contribution in [0.4, 0.5) is 17.1 Å². The molecule has 0 aliphatic carbocycles. The molecule has 2 fully saturated rings.